The van der Waals surface area contributed by atoms with Gasteiger partial charge in [0.2, 0.25) is 17.7 Å². The van der Waals surface area contributed by atoms with E-state index in [9.17, 15) is 70.6 Å². The molecule has 4 heterocycles. The van der Waals surface area contributed by atoms with E-state index in [0.717, 1.165) is 20.8 Å². The average Bonchev–Trinajstić information content (AvgIpc) is 3.11. The summed E-state index contributed by atoms with van der Waals surface area (Å²) in [7, 11) is 0. The topological polar surface area (TPSA) is 374 Å². The molecule has 24 heteroatoms. The maximum atomic E-state index is 12.3. The number of nitrogens with one attached hydrogen (secondary N) is 3. The highest BCUT2D eigenvalue weighted by Crippen LogP contribution is 2.34. The van der Waals surface area contributed by atoms with Crippen molar-refractivity contribution in [2.24, 2.45) is 0 Å². The number of hydrogen-bond acceptors (Lipinski definition) is 21. The Morgan fingerprint density at radius 2 is 0.833 bits per heavy atom. The SMILES string of the molecule is CC(=O)N[C@@H]1[C@@H](O[C@@H]2O[C@H](CO)[C@H](O[C@@H]3O[C@H](CO)[C@@H](O[C@H]4O[C@H](CO)[C@@H](O)[C@H](O)[C@H]4NC(C)=O)[C@H](O)[C@H]3NC(C)=O)[C@H](O)[C@H]2O)[C@@H](O)[C@@H](CO)O[C@@H]1O. The van der Waals surface area contributed by atoms with Crippen LogP contribution in [0.5, 0.6) is 0 Å². The van der Waals surface area contributed by atoms with Gasteiger partial charge in [-0.3, -0.25) is 14.4 Å². The van der Waals surface area contributed by atoms with Gasteiger partial charge in [0.25, 0.3) is 0 Å². The molecule has 24 nitrogen and oxygen atoms in total. The Bertz CT molecular complexity index is 1250. The van der Waals surface area contributed by atoms with Crippen LogP contribution in [0.25, 0.3) is 0 Å². The van der Waals surface area contributed by atoms with Crippen molar-refractivity contribution in [1.82, 2.24) is 16.0 Å². The zero-order valence-corrected chi connectivity index (χ0v) is 29.4. The predicted molar refractivity (Wildman–Crippen MR) is 169 cm³/mol. The number of aliphatic hydroxyl groups excluding tert-OH is 11. The smallest absolute Gasteiger partial charge is 0.217 e. The van der Waals surface area contributed by atoms with E-state index in [1.807, 2.05) is 0 Å². The van der Waals surface area contributed by atoms with Gasteiger partial charge in [0.15, 0.2) is 25.2 Å². The van der Waals surface area contributed by atoms with Gasteiger partial charge in [0.1, 0.15) is 97.5 Å². The van der Waals surface area contributed by atoms with Crippen LogP contribution in [-0.2, 0) is 47.5 Å². The molecule has 4 aliphatic heterocycles. The van der Waals surface area contributed by atoms with Crippen molar-refractivity contribution in [2.75, 3.05) is 26.4 Å². The molecule has 0 unspecified atom stereocenters. The molecule has 312 valence electrons. The number of aliphatic hydroxyl groups is 11. The van der Waals surface area contributed by atoms with E-state index in [2.05, 4.69) is 16.0 Å². The van der Waals surface area contributed by atoms with Crippen LogP contribution in [0.15, 0.2) is 0 Å². The maximum Gasteiger partial charge on any atom is 0.217 e. The highest BCUT2D eigenvalue weighted by molar-refractivity contribution is 5.74. The van der Waals surface area contributed by atoms with Gasteiger partial charge in [-0.05, 0) is 0 Å². The number of carbonyl (C=O) groups excluding carboxylic acids is 3. The first kappa shape index (κ1) is 44.4. The number of amides is 3. The van der Waals surface area contributed by atoms with Crippen LogP contribution in [0.4, 0.5) is 0 Å². The predicted octanol–water partition coefficient (Wildman–Crippen LogP) is -9.32. The van der Waals surface area contributed by atoms with E-state index in [-0.39, 0.29) is 0 Å². The quantitative estimate of drug-likeness (QED) is 0.0823. The van der Waals surface area contributed by atoms with E-state index in [4.69, 9.17) is 33.2 Å². The second-order valence-corrected chi connectivity index (χ2v) is 13.3. The summed E-state index contributed by atoms with van der Waals surface area (Å²) in [4.78, 5) is 36.0. The largest absolute Gasteiger partial charge is 0.394 e. The third-order valence-corrected chi connectivity index (χ3v) is 9.41. The van der Waals surface area contributed by atoms with Gasteiger partial charge in [-0.25, -0.2) is 0 Å². The molecule has 14 N–H and O–H groups in total. The molecule has 0 bridgehead atoms. The molecular weight excluding hydrogens is 738 g/mol. The molecule has 0 spiro atoms. The number of ether oxygens (including phenoxy) is 7. The van der Waals surface area contributed by atoms with Crippen molar-refractivity contribution >= 4 is 17.7 Å². The summed E-state index contributed by atoms with van der Waals surface area (Å²) in [6.07, 6.45) is -29.2. The van der Waals surface area contributed by atoms with Crippen molar-refractivity contribution in [2.45, 2.75) is 143 Å². The summed E-state index contributed by atoms with van der Waals surface area (Å²) < 4.78 is 39.7. The number of hydrogen-bond donors (Lipinski definition) is 14. The van der Waals surface area contributed by atoms with Crippen LogP contribution in [0.2, 0.25) is 0 Å². The summed E-state index contributed by atoms with van der Waals surface area (Å²) in [5.41, 5.74) is 0. The monoisotopic (exact) mass is 789 g/mol. The molecule has 4 fully saturated rings. The third kappa shape index (κ3) is 9.79. The first-order chi connectivity index (χ1) is 25.5. The van der Waals surface area contributed by atoms with Crippen molar-refractivity contribution in [3.05, 3.63) is 0 Å². The van der Waals surface area contributed by atoms with Crippen molar-refractivity contribution in [3.63, 3.8) is 0 Å². The average molecular weight is 790 g/mol. The Morgan fingerprint density at radius 3 is 1.31 bits per heavy atom. The number of carbonyl (C=O) groups is 3. The fraction of sp³-hybridized carbons (Fsp3) is 0.900. The summed E-state index contributed by atoms with van der Waals surface area (Å²) in [5, 5.41) is 123. The zero-order valence-electron chi connectivity index (χ0n) is 29.4. The molecule has 3 amide bonds. The maximum absolute atomic E-state index is 12.3. The summed E-state index contributed by atoms with van der Waals surface area (Å²) in [5.74, 6) is -2.11. The van der Waals surface area contributed by atoms with Crippen LogP contribution in [0, 0.1) is 0 Å². The van der Waals surface area contributed by atoms with Gasteiger partial charge in [-0.15, -0.1) is 0 Å². The molecule has 0 aromatic rings. The lowest BCUT2D eigenvalue weighted by atomic mass is 9.93. The highest BCUT2D eigenvalue weighted by atomic mass is 16.8. The highest BCUT2D eigenvalue weighted by Gasteiger charge is 2.56. The Hall–Kier alpha value is -2.31. The van der Waals surface area contributed by atoms with Crippen LogP contribution in [-0.4, -0.2) is 223 Å². The van der Waals surface area contributed by atoms with Crippen LogP contribution < -0.4 is 16.0 Å². The minimum absolute atomic E-state index is 0.681. The normalized spacial score (nSPS) is 45.7. The Kier molecular flexibility index (Phi) is 15.8. The summed E-state index contributed by atoms with van der Waals surface area (Å²) in [6.45, 7) is -0.170. The molecule has 54 heavy (non-hydrogen) atoms. The van der Waals surface area contributed by atoms with Gasteiger partial charge in [0, 0.05) is 20.8 Å². The number of rotatable bonds is 13. The minimum Gasteiger partial charge on any atom is -0.394 e. The zero-order chi connectivity index (χ0) is 40.2. The van der Waals surface area contributed by atoms with Gasteiger partial charge in [0.05, 0.1) is 26.4 Å². The van der Waals surface area contributed by atoms with E-state index in [0.29, 0.717) is 0 Å². The standard InChI is InChI=1S/C30H51N3O21/c1-8(38)31-15-20(43)18(41)11(4-34)49-28(15)52-24-13(6-36)50-29(16(21(24)44)32-9(2)39)53-25-14(7-37)51-30(23(46)22(25)45)54-26-17(33-10(3)40)27(47)48-12(5-35)19(26)42/h11-30,34-37,41-47H,4-7H2,1-3H3,(H,31,38)(H,32,39)(H,33,40)/t11-,12-,13-,14-,15-,16-,17-,18-,19+,20-,21-,22-,23-,24-,25+,26-,27+,28-,29+,30+/m1/s1. The molecule has 0 aliphatic carbocycles. The summed E-state index contributed by atoms with van der Waals surface area (Å²) in [6, 6.07) is -4.54. The summed E-state index contributed by atoms with van der Waals surface area (Å²) >= 11 is 0. The second-order valence-electron chi connectivity index (χ2n) is 13.3. The molecule has 0 aromatic carbocycles. The lowest BCUT2D eigenvalue weighted by molar-refractivity contribution is -0.371. The molecule has 4 rings (SSSR count). The molecule has 4 saturated heterocycles. The van der Waals surface area contributed by atoms with E-state index in [1.54, 1.807) is 0 Å². The Labute approximate surface area is 307 Å². The molecule has 0 radical (unpaired) electrons. The van der Waals surface area contributed by atoms with E-state index >= 15 is 0 Å². The first-order valence-electron chi connectivity index (χ1n) is 17.1. The van der Waals surface area contributed by atoms with Crippen molar-refractivity contribution in [3.8, 4) is 0 Å². The molecular formula is C30H51N3O21. The van der Waals surface area contributed by atoms with Gasteiger partial charge >= 0.3 is 0 Å². The molecule has 0 saturated carbocycles. The third-order valence-electron chi connectivity index (χ3n) is 9.41. The van der Waals surface area contributed by atoms with Gasteiger partial charge < -0.3 is 105 Å². The van der Waals surface area contributed by atoms with Crippen LogP contribution in [0.3, 0.4) is 0 Å². The van der Waals surface area contributed by atoms with E-state index in [1.165, 1.54) is 0 Å². The molecule has 4 aliphatic rings. The van der Waals surface area contributed by atoms with Gasteiger partial charge in [-0.2, -0.15) is 0 Å². The minimum atomic E-state index is -2.05. The van der Waals surface area contributed by atoms with Crippen LogP contribution in [0.1, 0.15) is 20.8 Å². The van der Waals surface area contributed by atoms with E-state index < -0.39 is 167 Å². The fourth-order valence-electron chi connectivity index (χ4n) is 6.76. The lowest BCUT2D eigenvalue weighted by Crippen LogP contribution is -2.70. The second kappa shape index (κ2) is 19.2. The van der Waals surface area contributed by atoms with Gasteiger partial charge in [-0.1, -0.05) is 0 Å². The first-order valence-corrected chi connectivity index (χ1v) is 17.1. The van der Waals surface area contributed by atoms with Crippen molar-refractivity contribution < 1.29 is 104 Å². The lowest BCUT2D eigenvalue weighted by Gasteiger charge is -2.50. The Balaban J connectivity index is 1.55. The molecule has 0 aromatic heterocycles. The fourth-order valence-corrected chi connectivity index (χ4v) is 6.76. The Morgan fingerprint density at radius 1 is 0.444 bits per heavy atom. The molecule has 20 atom stereocenters. The van der Waals surface area contributed by atoms with Crippen LogP contribution >= 0.6 is 0 Å². The van der Waals surface area contributed by atoms with Crippen molar-refractivity contribution in [1.29, 1.82) is 0 Å².